The molecule has 2 rings (SSSR count). The average molecular weight is 241 g/mol. The van der Waals surface area contributed by atoms with E-state index in [0.717, 1.165) is 12.8 Å². The SMILES string of the molecule is N#Cc1sccc1CS(=O)(=O)CC1CC1. The first-order valence-electron chi connectivity index (χ1n) is 4.77. The molecule has 1 fully saturated rings. The van der Waals surface area contributed by atoms with Gasteiger partial charge in [-0.15, -0.1) is 11.3 Å². The van der Waals surface area contributed by atoms with Crippen LogP contribution < -0.4 is 0 Å². The minimum absolute atomic E-state index is 0.0237. The molecule has 1 saturated carbocycles. The number of hydrogen-bond acceptors (Lipinski definition) is 4. The highest BCUT2D eigenvalue weighted by Gasteiger charge is 2.28. The summed E-state index contributed by atoms with van der Waals surface area (Å²) in [6.07, 6.45) is 2.07. The van der Waals surface area contributed by atoms with Crippen molar-refractivity contribution in [1.82, 2.24) is 0 Å². The van der Waals surface area contributed by atoms with Gasteiger partial charge in [-0.1, -0.05) is 0 Å². The normalized spacial score (nSPS) is 16.2. The maximum atomic E-state index is 11.7. The number of sulfone groups is 1. The second-order valence-corrected chi connectivity index (χ2v) is 6.91. The summed E-state index contributed by atoms with van der Waals surface area (Å²) in [5, 5.41) is 10.5. The van der Waals surface area contributed by atoms with E-state index >= 15 is 0 Å². The maximum Gasteiger partial charge on any atom is 0.154 e. The Labute approximate surface area is 93.3 Å². The summed E-state index contributed by atoms with van der Waals surface area (Å²) in [7, 11) is -3.02. The Morgan fingerprint density at radius 3 is 2.87 bits per heavy atom. The van der Waals surface area contributed by atoms with Gasteiger partial charge in [0.2, 0.25) is 0 Å². The molecule has 15 heavy (non-hydrogen) atoms. The maximum absolute atomic E-state index is 11.7. The van der Waals surface area contributed by atoms with Crippen LogP contribution in [0.3, 0.4) is 0 Å². The first-order valence-corrected chi connectivity index (χ1v) is 7.48. The van der Waals surface area contributed by atoms with E-state index in [1.165, 1.54) is 11.3 Å². The van der Waals surface area contributed by atoms with Gasteiger partial charge < -0.3 is 0 Å². The molecule has 0 saturated heterocycles. The zero-order valence-corrected chi connectivity index (χ0v) is 9.77. The van der Waals surface area contributed by atoms with Crippen molar-refractivity contribution in [2.75, 3.05) is 5.75 Å². The summed E-state index contributed by atoms with van der Waals surface area (Å²) in [6.45, 7) is 0. The van der Waals surface area contributed by atoms with Crippen LogP contribution >= 0.6 is 11.3 Å². The summed E-state index contributed by atoms with van der Waals surface area (Å²) < 4.78 is 23.4. The van der Waals surface area contributed by atoms with Crippen molar-refractivity contribution in [3.05, 3.63) is 21.9 Å². The van der Waals surface area contributed by atoms with Crippen molar-refractivity contribution < 1.29 is 8.42 Å². The predicted molar refractivity (Wildman–Crippen MR) is 59.2 cm³/mol. The lowest BCUT2D eigenvalue weighted by atomic mass is 10.3. The Bertz CT molecular complexity index is 492. The van der Waals surface area contributed by atoms with E-state index in [1.54, 1.807) is 11.4 Å². The second kappa shape index (κ2) is 3.95. The Morgan fingerprint density at radius 1 is 1.53 bits per heavy atom. The lowest BCUT2D eigenvalue weighted by Gasteiger charge is -2.01. The van der Waals surface area contributed by atoms with Crippen LogP contribution in [-0.2, 0) is 15.6 Å². The quantitative estimate of drug-likeness (QED) is 0.809. The van der Waals surface area contributed by atoms with E-state index in [0.29, 0.717) is 16.4 Å². The molecule has 0 aromatic carbocycles. The molecule has 5 heteroatoms. The highest BCUT2D eigenvalue weighted by Crippen LogP contribution is 2.31. The molecule has 1 aromatic heterocycles. The molecule has 0 radical (unpaired) electrons. The van der Waals surface area contributed by atoms with Gasteiger partial charge in [-0.25, -0.2) is 8.42 Å². The monoisotopic (exact) mass is 241 g/mol. The zero-order chi connectivity index (χ0) is 10.9. The highest BCUT2D eigenvalue weighted by atomic mass is 32.2. The van der Waals surface area contributed by atoms with E-state index in [1.807, 2.05) is 6.07 Å². The third-order valence-corrected chi connectivity index (χ3v) is 5.00. The summed E-state index contributed by atoms with van der Waals surface area (Å²) in [5.74, 6) is 0.683. The fourth-order valence-electron chi connectivity index (χ4n) is 1.49. The second-order valence-electron chi connectivity index (χ2n) is 3.88. The van der Waals surface area contributed by atoms with E-state index in [2.05, 4.69) is 0 Å². The van der Waals surface area contributed by atoms with Crippen LogP contribution in [-0.4, -0.2) is 14.2 Å². The number of thiophene rings is 1. The summed E-state index contributed by atoms with van der Waals surface area (Å²) in [4.78, 5) is 0.523. The van der Waals surface area contributed by atoms with Crippen molar-refractivity contribution in [3.63, 3.8) is 0 Å². The molecule has 0 atom stereocenters. The molecular formula is C10H11NO2S2. The van der Waals surface area contributed by atoms with E-state index in [9.17, 15) is 8.42 Å². The zero-order valence-electron chi connectivity index (χ0n) is 8.14. The van der Waals surface area contributed by atoms with Gasteiger partial charge >= 0.3 is 0 Å². The smallest absolute Gasteiger partial charge is 0.154 e. The highest BCUT2D eigenvalue weighted by molar-refractivity contribution is 7.90. The molecule has 0 bridgehead atoms. The molecule has 0 N–H and O–H groups in total. The van der Waals surface area contributed by atoms with Gasteiger partial charge in [0.15, 0.2) is 9.84 Å². The van der Waals surface area contributed by atoms with Gasteiger partial charge in [-0.2, -0.15) is 5.26 Å². The molecular weight excluding hydrogens is 230 g/mol. The molecule has 3 nitrogen and oxygen atoms in total. The van der Waals surface area contributed by atoms with Crippen molar-refractivity contribution in [3.8, 4) is 6.07 Å². The summed E-state index contributed by atoms with van der Waals surface area (Å²) in [5.41, 5.74) is 0.656. The molecule has 1 aliphatic rings. The molecule has 1 aromatic rings. The largest absolute Gasteiger partial charge is 0.228 e. The van der Waals surface area contributed by atoms with Crippen LogP contribution in [0.25, 0.3) is 0 Å². The van der Waals surface area contributed by atoms with Gasteiger partial charge in [0.05, 0.1) is 11.5 Å². The third kappa shape index (κ3) is 2.80. The Hall–Kier alpha value is -0.860. The average Bonchev–Trinajstić information content (AvgIpc) is 2.82. The fraction of sp³-hybridized carbons (Fsp3) is 0.500. The van der Waals surface area contributed by atoms with Gasteiger partial charge in [-0.3, -0.25) is 0 Å². The van der Waals surface area contributed by atoms with Gasteiger partial charge in [0.25, 0.3) is 0 Å². The Balaban J connectivity index is 2.10. The number of rotatable bonds is 4. The van der Waals surface area contributed by atoms with Crippen LogP contribution in [0.2, 0.25) is 0 Å². The van der Waals surface area contributed by atoms with Gasteiger partial charge in [0.1, 0.15) is 10.9 Å². The molecule has 0 spiro atoms. The number of nitrogens with zero attached hydrogens (tertiary/aromatic N) is 1. The first kappa shape index (κ1) is 10.7. The minimum Gasteiger partial charge on any atom is -0.228 e. The fourth-order valence-corrected chi connectivity index (χ4v) is 4.17. The van der Waals surface area contributed by atoms with Gasteiger partial charge in [-0.05, 0) is 35.8 Å². The van der Waals surface area contributed by atoms with Crippen molar-refractivity contribution >= 4 is 21.2 Å². The van der Waals surface area contributed by atoms with Crippen LogP contribution in [0, 0.1) is 17.2 Å². The topological polar surface area (TPSA) is 57.9 Å². The summed E-state index contributed by atoms with van der Waals surface area (Å²) in [6, 6.07) is 3.75. The van der Waals surface area contributed by atoms with Crippen molar-refractivity contribution in [2.24, 2.45) is 5.92 Å². The molecule has 80 valence electrons. The van der Waals surface area contributed by atoms with Crippen LogP contribution in [0.1, 0.15) is 23.3 Å². The third-order valence-electron chi connectivity index (χ3n) is 2.41. The number of nitriles is 1. The molecule has 0 aliphatic heterocycles. The Kier molecular flexibility index (Phi) is 2.81. The van der Waals surface area contributed by atoms with Crippen molar-refractivity contribution in [1.29, 1.82) is 5.26 Å². The predicted octanol–water partition coefficient (Wildman–Crippen LogP) is 1.94. The van der Waals surface area contributed by atoms with Crippen molar-refractivity contribution in [2.45, 2.75) is 18.6 Å². The minimum atomic E-state index is -3.02. The molecule has 0 unspecified atom stereocenters. The van der Waals surface area contributed by atoms with Crippen LogP contribution in [0.4, 0.5) is 0 Å². The first-order chi connectivity index (χ1) is 7.11. The lowest BCUT2D eigenvalue weighted by Crippen LogP contribution is -2.10. The standard InChI is InChI=1S/C10H11NO2S2/c11-5-10-9(3-4-14-10)7-15(12,13)6-8-1-2-8/h3-4,8H,1-2,6-7H2. The Morgan fingerprint density at radius 2 is 2.27 bits per heavy atom. The van der Waals surface area contributed by atoms with E-state index in [4.69, 9.17) is 5.26 Å². The van der Waals surface area contributed by atoms with Crippen LogP contribution in [0.15, 0.2) is 11.4 Å². The molecule has 0 amide bonds. The van der Waals surface area contributed by atoms with E-state index in [-0.39, 0.29) is 11.5 Å². The number of hydrogen-bond donors (Lipinski definition) is 0. The van der Waals surface area contributed by atoms with E-state index < -0.39 is 9.84 Å². The van der Waals surface area contributed by atoms with Crippen LogP contribution in [0.5, 0.6) is 0 Å². The summed E-state index contributed by atoms with van der Waals surface area (Å²) >= 11 is 1.30. The lowest BCUT2D eigenvalue weighted by molar-refractivity contribution is 0.591. The molecule has 1 aliphatic carbocycles. The molecule has 1 heterocycles. The van der Waals surface area contributed by atoms with Gasteiger partial charge in [0, 0.05) is 0 Å².